The first-order valence-electron chi connectivity index (χ1n) is 21.2. The maximum absolute atomic E-state index is 7.18. The van der Waals surface area contributed by atoms with Crippen molar-refractivity contribution in [2.24, 2.45) is 0 Å². The minimum atomic E-state index is -0.288. The minimum Gasteiger partial charge on any atom is -0.457 e. The van der Waals surface area contributed by atoms with E-state index in [9.17, 15) is 0 Å². The molecule has 29 heteroatoms. The first kappa shape index (κ1) is 53.7. The Hall–Kier alpha value is -4.10. The van der Waals surface area contributed by atoms with E-state index in [2.05, 4.69) is 0 Å². The lowest BCUT2D eigenvalue weighted by Crippen LogP contribution is -2.57. The Morgan fingerprint density at radius 1 is 0.123 bits per heavy atom. The second-order valence-corrected chi connectivity index (χ2v) is 17.6. The highest BCUT2D eigenvalue weighted by atomic mass is 16.3. The van der Waals surface area contributed by atoms with Gasteiger partial charge >= 0.3 is 0 Å². The Kier molecular flexibility index (Phi) is 13.5. The summed E-state index contributed by atoms with van der Waals surface area (Å²) >= 11 is 0. The number of benzene rings is 8. The van der Waals surface area contributed by atoms with E-state index in [0.717, 1.165) is 0 Å². The van der Waals surface area contributed by atoms with E-state index in [4.69, 9.17) is 224 Å². The summed E-state index contributed by atoms with van der Waals surface area (Å²) in [6.07, 6.45) is 0. The van der Waals surface area contributed by atoms with E-state index in [-0.39, 0.29) is 241 Å². The molecular formula is C44B28O. The van der Waals surface area contributed by atoms with E-state index in [0.29, 0.717) is 0 Å². The molecule has 266 valence electrons. The number of fused-ring (bicyclic) bond motifs is 5. The first-order chi connectivity index (χ1) is 34.0. The molecule has 0 unspecified atom stereocenters. The summed E-state index contributed by atoms with van der Waals surface area (Å²) in [4.78, 5) is 0. The Morgan fingerprint density at radius 2 is 0.288 bits per heavy atom. The van der Waals surface area contributed by atoms with E-state index >= 15 is 0 Å². The van der Waals surface area contributed by atoms with Crippen molar-refractivity contribution in [2.45, 2.75) is 0 Å². The summed E-state index contributed by atoms with van der Waals surface area (Å²) in [6.45, 7) is 0. The van der Waals surface area contributed by atoms with Crippen LogP contribution in [-0.2, 0) is 0 Å². The molecule has 1 nitrogen and oxygen atoms in total. The van der Waals surface area contributed by atoms with Gasteiger partial charge in [0.05, 0.1) is 0 Å². The monoisotopic (exact) mass is 852 g/mol. The SMILES string of the molecule is [B]c1c([B])c([B])c(-c2c([B])c([B])c([B])c([B])c2-c2c3c([B])c([B])c([B])c([B])c3c(-c3c([B])c([B])c(-c4c([B])c([B])c5oc6c([B])c([B])c([B])c([B])c6c5c4[B])c([B])c3[B])c3c([B])c([B])c([B])c([B])c23)c([B])c1[B]. The molecule has 1 heterocycles. The van der Waals surface area contributed by atoms with Crippen LogP contribution in [0, 0.1) is 0 Å². The predicted octanol–water partition coefficient (Wildman–Crippen LogP) is -21.2. The zero-order chi connectivity index (χ0) is 54.1. The van der Waals surface area contributed by atoms with Crippen molar-refractivity contribution >= 4 is 416 Å². The predicted molar refractivity (Wildman–Crippen MR) is 341 cm³/mol. The summed E-state index contributed by atoms with van der Waals surface area (Å²) in [5.74, 6) is 0. The second-order valence-electron chi connectivity index (χ2n) is 17.6. The summed E-state index contributed by atoms with van der Waals surface area (Å²) in [5.41, 5.74) is -6.04. The van der Waals surface area contributed by atoms with Crippen LogP contribution in [-0.4, -0.2) is 220 Å². The lowest BCUT2D eigenvalue weighted by atomic mass is 9.54. The third-order valence-electron chi connectivity index (χ3n) is 14.0. The molecule has 0 aliphatic heterocycles. The van der Waals surface area contributed by atoms with Crippen molar-refractivity contribution in [3.05, 3.63) is 0 Å². The summed E-state index contributed by atoms with van der Waals surface area (Å²) in [6, 6.07) is 0. The number of hydrogen-bond acceptors (Lipinski definition) is 1. The molecule has 0 atom stereocenters. The van der Waals surface area contributed by atoms with E-state index in [1.807, 2.05) is 0 Å². The molecule has 73 heavy (non-hydrogen) atoms. The highest BCUT2D eigenvalue weighted by molar-refractivity contribution is 6.77. The third-order valence-corrected chi connectivity index (χ3v) is 14.0. The molecule has 0 saturated heterocycles. The molecule has 0 saturated carbocycles. The molecule has 1 aromatic heterocycles. The average Bonchev–Trinajstić information content (AvgIpc) is 3.78. The number of hydrogen-bond donors (Lipinski definition) is 0. The van der Waals surface area contributed by atoms with Crippen molar-refractivity contribution in [3.8, 4) is 44.5 Å². The van der Waals surface area contributed by atoms with Gasteiger partial charge < -0.3 is 4.42 Å². The molecule has 0 N–H and O–H groups in total. The lowest BCUT2D eigenvalue weighted by molar-refractivity contribution is 0.675. The maximum Gasteiger partial charge on any atom is 0.127 e. The molecule has 56 radical (unpaired) electrons. The fraction of sp³-hybridized carbons (Fsp3) is 0. The van der Waals surface area contributed by atoms with E-state index in [1.54, 1.807) is 0 Å². The summed E-state index contributed by atoms with van der Waals surface area (Å²) in [7, 11) is 189. The Morgan fingerprint density at radius 3 is 0.644 bits per heavy atom. The fourth-order valence-electron chi connectivity index (χ4n) is 9.95. The normalized spacial score (nSPS) is 11.7. The number of rotatable bonds is 4. The molecule has 0 bridgehead atoms. The van der Waals surface area contributed by atoms with Gasteiger partial charge in [-0.2, -0.15) is 0 Å². The summed E-state index contributed by atoms with van der Waals surface area (Å²) in [5, 5.41) is 0.0216. The average molecular weight is 847 g/mol. The smallest absolute Gasteiger partial charge is 0.127 e. The van der Waals surface area contributed by atoms with E-state index < -0.39 is 0 Å². The van der Waals surface area contributed by atoms with Crippen LogP contribution in [0.3, 0.4) is 0 Å². The molecule has 9 rings (SSSR count). The molecule has 8 aromatic carbocycles. The van der Waals surface area contributed by atoms with Crippen molar-refractivity contribution in [1.82, 2.24) is 0 Å². The van der Waals surface area contributed by atoms with Crippen LogP contribution in [0.5, 0.6) is 0 Å². The topological polar surface area (TPSA) is 13.1 Å². The van der Waals surface area contributed by atoms with Crippen LogP contribution < -0.4 is 153 Å². The van der Waals surface area contributed by atoms with Crippen molar-refractivity contribution < 1.29 is 4.42 Å². The van der Waals surface area contributed by atoms with Crippen LogP contribution >= 0.6 is 0 Å². The molecule has 0 amide bonds. The van der Waals surface area contributed by atoms with Gasteiger partial charge in [-0.05, 0) is 66.1 Å². The van der Waals surface area contributed by atoms with Gasteiger partial charge in [0.25, 0.3) is 0 Å². The minimum absolute atomic E-state index is 0.0122. The van der Waals surface area contributed by atoms with Gasteiger partial charge in [-0.3, -0.25) is 0 Å². The standard InChI is InChI=1S/C44B28O/c45-15-11(28(58)41(71)43-13(15)14-29(59)38(68)40(70)42(72)44(14)73-43)12-24(54)22(52)9(23(53)25(12)55)2-6-3(16(46)30(60)33(63)19(6)49)1(4-7(2)20(50)34(64)31(61)17(4)47)5-8(21(51)35(65)32(62)18(5)48)10-26(56)36(66)39(69)37(67)27(10)57. The third kappa shape index (κ3) is 7.09. The zero-order valence-corrected chi connectivity index (χ0v) is 38.6. The van der Waals surface area contributed by atoms with Crippen molar-refractivity contribution in [3.63, 3.8) is 0 Å². The maximum atomic E-state index is 7.18. The fourth-order valence-corrected chi connectivity index (χ4v) is 9.95. The van der Waals surface area contributed by atoms with Crippen LogP contribution in [0.15, 0.2) is 4.42 Å². The molecular weight excluding hydrogens is 847 g/mol. The summed E-state index contributed by atoms with van der Waals surface area (Å²) < 4.78 is 6.08. The quantitative estimate of drug-likeness (QED) is 0.127. The van der Waals surface area contributed by atoms with Crippen LogP contribution in [0.1, 0.15) is 0 Å². The molecule has 9 aromatic rings. The zero-order valence-electron chi connectivity index (χ0n) is 38.6. The highest BCUT2D eigenvalue weighted by Gasteiger charge is 2.32. The molecule has 0 fully saturated rings. The Labute approximate surface area is 461 Å². The van der Waals surface area contributed by atoms with Gasteiger partial charge in [0.2, 0.25) is 0 Å². The lowest BCUT2D eigenvalue weighted by Gasteiger charge is -2.34. The van der Waals surface area contributed by atoms with E-state index in [1.165, 1.54) is 0 Å². The number of furan rings is 1. The van der Waals surface area contributed by atoms with Gasteiger partial charge in [-0.1, -0.05) is 92.9 Å². The second kappa shape index (κ2) is 18.3. The molecule has 0 aliphatic rings. The highest BCUT2D eigenvalue weighted by Crippen LogP contribution is 2.41. The largest absolute Gasteiger partial charge is 0.457 e. The molecule has 0 spiro atoms. The van der Waals surface area contributed by atoms with Gasteiger partial charge in [-0.25, -0.2) is 0 Å². The van der Waals surface area contributed by atoms with Crippen LogP contribution in [0.4, 0.5) is 0 Å². The van der Waals surface area contributed by atoms with Crippen molar-refractivity contribution in [1.29, 1.82) is 0 Å². The van der Waals surface area contributed by atoms with Gasteiger partial charge in [-0.15, -0.1) is 60.1 Å². The van der Waals surface area contributed by atoms with Gasteiger partial charge in [0.15, 0.2) is 0 Å². The van der Waals surface area contributed by atoms with Gasteiger partial charge in [0.1, 0.15) is 231 Å². The van der Waals surface area contributed by atoms with Crippen molar-refractivity contribution in [2.75, 3.05) is 0 Å². The van der Waals surface area contributed by atoms with Gasteiger partial charge in [0, 0.05) is 10.8 Å². The van der Waals surface area contributed by atoms with Crippen LogP contribution in [0.25, 0.3) is 88.0 Å². The Balaban J connectivity index is 1.54. The van der Waals surface area contributed by atoms with Crippen LogP contribution in [0.2, 0.25) is 0 Å². The first-order valence-corrected chi connectivity index (χ1v) is 21.2. The molecule has 0 aliphatic carbocycles. The Bertz CT molecular complexity index is 3980.